The number of carbonyl (C=O) groups is 1. The highest BCUT2D eigenvalue weighted by Crippen LogP contribution is 2.19. The number of nitrogen functional groups attached to an aromatic ring is 1. The highest BCUT2D eigenvalue weighted by molar-refractivity contribution is 6.30. The van der Waals surface area contributed by atoms with E-state index < -0.39 is 11.7 Å². The summed E-state index contributed by atoms with van der Waals surface area (Å²) in [5, 5.41) is 2.89. The van der Waals surface area contributed by atoms with Crippen molar-refractivity contribution in [1.82, 2.24) is 4.98 Å². The van der Waals surface area contributed by atoms with Crippen LogP contribution in [0.1, 0.15) is 15.9 Å². The van der Waals surface area contributed by atoms with Crippen LogP contribution >= 0.6 is 11.6 Å². The van der Waals surface area contributed by atoms with Gasteiger partial charge in [0, 0.05) is 16.9 Å². The first kappa shape index (κ1) is 13.3. The highest BCUT2D eigenvalue weighted by Gasteiger charge is 2.15. The number of rotatable bonds is 2. The Morgan fingerprint density at radius 1 is 1.42 bits per heavy atom. The first-order valence-electron chi connectivity index (χ1n) is 5.46. The van der Waals surface area contributed by atoms with Crippen molar-refractivity contribution in [2.75, 3.05) is 11.1 Å². The Labute approximate surface area is 114 Å². The van der Waals surface area contributed by atoms with E-state index >= 15 is 0 Å². The summed E-state index contributed by atoms with van der Waals surface area (Å²) in [6.45, 7) is 1.54. The molecule has 4 nitrogen and oxygen atoms in total. The molecule has 0 spiro atoms. The molecule has 98 valence electrons. The summed E-state index contributed by atoms with van der Waals surface area (Å²) in [4.78, 5) is 15.9. The normalized spacial score (nSPS) is 10.3. The van der Waals surface area contributed by atoms with Crippen LogP contribution in [0, 0.1) is 12.7 Å². The van der Waals surface area contributed by atoms with Crippen LogP contribution in [-0.2, 0) is 0 Å². The number of amides is 1. The number of aryl methyl sites for hydroxylation is 1. The number of nitrogens with zero attached hydrogens (tertiary/aromatic N) is 1. The lowest BCUT2D eigenvalue weighted by molar-refractivity contribution is 0.102. The second-order valence-electron chi connectivity index (χ2n) is 4.01. The van der Waals surface area contributed by atoms with Gasteiger partial charge >= 0.3 is 0 Å². The number of benzene rings is 1. The molecular formula is C13H11ClFN3O. The van der Waals surface area contributed by atoms with Crippen LogP contribution in [0.15, 0.2) is 30.5 Å². The molecule has 1 heterocycles. The fraction of sp³-hybridized carbons (Fsp3) is 0.0769. The van der Waals surface area contributed by atoms with Gasteiger partial charge in [-0.25, -0.2) is 9.37 Å². The van der Waals surface area contributed by atoms with Crippen LogP contribution in [0.5, 0.6) is 0 Å². The predicted molar refractivity (Wildman–Crippen MR) is 72.7 cm³/mol. The van der Waals surface area contributed by atoms with E-state index in [1.165, 1.54) is 24.4 Å². The van der Waals surface area contributed by atoms with E-state index in [0.717, 1.165) is 0 Å². The molecule has 2 rings (SSSR count). The predicted octanol–water partition coefficient (Wildman–Crippen LogP) is 3.02. The number of anilines is 2. The lowest BCUT2D eigenvalue weighted by atomic mass is 10.1. The van der Waals surface area contributed by atoms with Gasteiger partial charge in [0.15, 0.2) is 0 Å². The molecule has 0 saturated heterocycles. The summed E-state index contributed by atoms with van der Waals surface area (Å²) in [7, 11) is 0. The minimum Gasteiger partial charge on any atom is -0.399 e. The second kappa shape index (κ2) is 5.24. The van der Waals surface area contributed by atoms with Crippen LogP contribution < -0.4 is 11.1 Å². The number of pyridine rings is 1. The van der Waals surface area contributed by atoms with E-state index in [2.05, 4.69) is 10.3 Å². The molecule has 0 radical (unpaired) electrons. The fourth-order valence-corrected chi connectivity index (χ4v) is 1.78. The summed E-state index contributed by atoms with van der Waals surface area (Å²) < 4.78 is 13.9. The van der Waals surface area contributed by atoms with E-state index in [1.54, 1.807) is 13.0 Å². The summed E-state index contributed by atoms with van der Waals surface area (Å²) in [5.74, 6) is -0.978. The minimum atomic E-state index is -0.623. The van der Waals surface area contributed by atoms with Crippen LogP contribution in [0.3, 0.4) is 0 Å². The van der Waals surface area contributed by atoms with E-state index in [-0.39, 0.29) is 11.4 Å². The summed E-state index contributed by atoms with van der Waals surface area (Å²) in [5.41, 5.74) is 6.11. The van der Waals surface area contributed by atoms with Gasteiger partial charge in [0.05, 0.1) is 5.56 Å². The third-order valence-electron chi connectivity index (χ3n) is 2.49. The molecule has 0 fully saturated rings. The first-order chi connectivity index (χ1) is 8.97. The van der Waals surface area contributed by atoms with Crippen molar-refractivity contribution in [2.24, 2.45) is 0 Å². The Morgan fingerprint density at radius 3 is 2.84 bits per heavy atom. The molecule has 0 saturated carbocycles. The monoisotopic (exact) mass is 279 g/mol. The molecule has 1 aromatic carbocycles. The number of nitrogens with two attached hydrogens (primary N) is 1. The zero-order chi connectivity index (χ0) is 14.0. The smallest absolute Gasteiger partial charge is 0.259 e. The van der Waals surface area contributed by atoms with Crippen molar-refractivity contribution in [3.05, 3.63) is 52.4 Å². The van der Waals surface area contributed by atoms with Gasteiger partial charge in [0.1, 0.15) is 11.6 Å². The van der Waals surface area contributed by atoms with Gasteiger partial charge < -0.3 is 11.1 Å². The van der Waals surface area contributed by atoms with Crippen LogP contribution in [-0.4, -0.2) is 10.9 Å². The van der Waals surface area contributed by atoms with Gasteiger partial charge in [0.2, 0.25) is 0 Å². The van der Waals surface area contributed by atoms with E-state index in [9.17, 15) is 9.18 Å². The van der Waals surface area contributed by atoms with Crippen molar-refractivity contribution in [2.45, 2.75) is 6.92 Å². The molecule has 0 aliphatic heterocycles. The average molecular weight is 280 g/mol. The topological polar surface area (TPSA) is 68.0 Å². The molecule has 3 N–H and O–H groups in total. The van der Waals surface area contributed by atoms with Gasteiger partial charge in [-0.15, -0.1) is 0 Å². The molecule has 1 aromatic heterocycles. The number of hydrogen-bond acceptors (Lipinski definition) is 3. The van der Waals surface area contributed by atoms with E-state index in [4.69, 9.17) is 17.3 Å². The Bertz CT molecular complexity index is 646. The zero-order valence-electron chi connectivity index (χ0n) is 10.1. The maximum absolute atomic E-state index is 13.9. The Hall–Kier alpha value is -2.14. The molecule has 6 heteroatoms. The number of carbonyl (C=O) groups excluding carboxylic acids is 1. The third-order valence-corrected chi connectivity index (χ3v) is 2.72. The third kappa shape index (κ3) is 3.00. The van der Waals surface area contributed by atoms with Crippen molar-refractivity contribution in [3.63, 3.8) is 0 Å². The standard InChI is InChI=1S/C13H11ClFN3O/c1-7-4-9(16)6-10(12(7)15)13(19)18-11-5-8(14)2-3-17-11/h2-6H,16H2,1H3,(H,17,18,19). The van der Waals surface area contributed by atoms with E-state index in [0.29, 0.717) is 16.3 Å². The average Bonchev–Trinajstić information content (AvgIpc) is 2.33. The van der Waals surface area contributed by atoms with Crippen molar-refractivity contribution in [3.8, 4) is 0 Å². The van der Waals surface area contributed by atoms with Gasteiger partial charge in [-0.1, -0.05) is 11.6 Å². The molecule has 0 unspecified atom stereocenters. The van der Waals surface area contributed by atoms with Crippen LogP contribution in [0.4, 0.5) is 15.9 Å². The van der Waals surface area contributed by atoms with Gasteiger partial charge in [-0.2, -0.15) is 0 Å². The van der Waals surface area contributed by atoms with Crippen molar-refractivity contribution >= 4 is 29.0 Å². The summed E-state index contributed by atoms with van der Waals surface area (Å²) >= 11 is 5.77. The molecule has 0 atom stereocenters. The SMILES string of the molecule is Cc1cc(N)cc(C(=O)Nc2cc(Cl)ccn2)c1F. The number of halogens is 2. The van der Waals surface area contributed by atoms with Gasteiger partial charge in [-0.05, 0) is 36.8 Å². The molecule has 19 heavy (non-hydrogen) atoms. The Kier molecular flexibility index (Phi) is 3.66. The van der Waals surface area contributed by atoms with Crippen LogP contribution in [0.25, 0.3) is 0 Å². The number of nitrogens with one attached hydrogen (secondary N) is 1. The molecule has 0 bridgehead atoms. The number of aromatic nitrogens is 1. The molecule has 2 aromatic rings. The lowest BCUT2D eigenvalue weighted by Gasteiger charge is -2.08. The minimum absolute atomic E-state index is 0.126. The first-order valence-corrected chi connectivity index (χ1v) is 5.83. The lowest BCUT2D eigenvalue weighted by Crippen LogP contribution is -2.15. The van der Waals surface area contributed by atoms with Crippen molar-refractivity contribution < 1.29 is 9.18 Å². The maximum atomic E-state index is 13.9. The largest absolute Gasteiger partial charge is 0.399 e. The molecule has 0 aliphatic carbocycles. The quantitative estimate of drug-likeness (QED) is 0.830. The number of hydrogen-bond donors (Lipinski definition) is 2. The highest BCUT2D eigenvalue weighted by atomic mass is 35.5. The second-order valence-corrected chi connectivity index (χ2v) is 4.45. The Balaban J connectivity index is 2.30. The summed E-state index contributed by atoms with van der Waals surface area (Å²) in [6, 6.07) is 5.78. The fourth-order valence-electron chi connectivity index (χ4n) is 1.62. The van der Waals surface area contributed by atoms with Gasteiger partial charge in [0.25, 0.3) is 5.91 Å². The maximum Gasteiger partial charge on any atom is 0.259 e. The molecule has 0 aliphatic rings. The van der Waals surface area contributed by atoms with Gasteiger partial charge in [-0.3, -0.25) is 4.79 Å². The van der Waals surface area contributed by atoms with E-state index in [1.807, 2.05) is 0 Å². The molecule has 1 amide bonds. The van der Waals surface area contributed by atoms with Crippen molar-refractivity contribution in [1.29, 1.82) is 0 Å². The Morgan fingerprint density at radius 2 is 2.16 bits per heavy atom. The summed E-state index contributed by atoms with van der Waals surface area (Å²) in [6.07, 6.45) is 1.44. The zero-order valence-corrected chi connectivity index (χ0v) is 10.8. The van der Waals surface area contributed by atoms with Crippen LogP contribution in [0.2, 0.25) is 5.02 Å². The molecular weight excluding hydrogens is 269 g/mol.